The Hall–Kier alpha value is -3.85. The average molecular weight is 607 g/mol. The summed E-state index contributed by atoms with van der Waals surface area (Å²) < 4.78 is 39.7. The lowest BCUT2D eigenvalue weighted by atomic mass is 10.0. The summed E-state index contributed by atoms with van der Waals surface area (Å²) in [5.41, 5.74) is 7.94. The van der Waals surface area contributed by atoms with E-state index >= 15 is 0 Å². The summed E-state index contributed by atoms with van der Waals surface area (Å²) in [5.74, 6) is -0.774. The molecular weight excluding hydrogens is 564 g/mol. The molecule has 1 amide bonds. The van der Waals surface area contributed by atoms with E-state index < -0.39 is 28.0 Å². The Balaban J connectivity index is 1.61. The summed E-state index contributed by atoms with van der Waals surface area (Å²) in [7, 11) is -3.76. The minimum atomic E-state index is -3.76. The number of hydrogen-bond acceptors (Lipinski definition) is 6. The Kier molecular flexibility index (Phi) is 9.54. The molecule has 0 radical (unpaired) electrons. The first kappa shape index (κ1) is 32.1. The van der Waals surface area contributed by atoms with Crippen LogP contribution < -0.4 is 13.9 Å². The van der Waals surface area contributed by atoms with Crippen molar-refractivity contribution in [2.45, 2.75) is 61.0 Å². The van der Waals surface area contributed by atoms with Crippen LogP contribution in [0.5, 0.6) is 5.75 Å². The lowest BCUT2D eigenvalue weighted by Gasteiger charge is -2.30. The minimum Gasteiger partial charge on any atom is -0.489 e. The smallest absolute Gasteiger partial charge is 0.311 e. The molecule has 3 aromatic rings. The molecule has 2 unspecified atom stereocenters. The topological polar surface area (TPSA) is 93.2 Å². The average Bonchev–Trinajstić information content (AvgIpc) is 3.26. The second-order valence-electron chi connectivity index (χ2n) is 11.8. The number of anilines is 2. The number of carbonyl (C=O) groups is 2. The van der Waals surface area contributed by atoms with Gasteiger partial charge in [-0.1, -0.05) is 53.6 Å². The van der Waals surface area contributed by atoms with Crippen LogP contribution in [0, 0.1) is 54.4 Å². The zero-order valence-corrected chi connectivity index (χ0v) is 27.2. The SMILES string of the molecule is Cc1cc(C)c(N2CC(C(=O)OC(COc3ccccc3C)CN(c3c(C)cc(C)cc3C)S(C)(=O)=O)CC2=O)c(C)c1. The molecule has 0 spiro atoms. The van der Waals surface area contributed by atoms with Crippen molar-refractivity contribution >= 4 is 33.3 Å². The molecule has 0 bridgehead atoms. The number of esters is 1. The van der Waals surface area contributed by atoms with Gasteiger partial charge in [-0.15, -0.1) is 0 Å². The molecule has 0 N–H and O–H groups in total. The van der Waals surface area contributed by atoms with Gasteiger partial charge < -0.3 is 14.4 Å². The molecule has 0 aromatic heterocycles. The normalized spacial score (nSPS) is 15.9. The number of rotatable bonds is 10. The summed E-state index contributed by atoms with van der Waals surface area (Å²) >= 11 is 0. The number of carbonyl (C=O) groups excluding carboxylic acids is 2. The first-order valence-electron chi connectivity index (χ1n) is 14.5. The molecular formula is C34H42N2O6S. The highest BCUT2D eigenvalue weighted by atomic mass is 32.2. The largest absolute Gasteiger partial charge is 0.489 e. The van der Waals surface area contributed by atoms with E-state index in [2.05, 4.69) is 0 Å². The molecule has 0 saturated carbocycles. The highest BCUT2D eigenvalue weighted by molar-refractivity contribution is 7.92. The van der Waals surface area contributed by atoms with Gasteiger partial charge >= 0.3 is 5.97 Å². The number of nitrogens with zero attached hydrogens (tertiary/aromatic N) is 2. The van der Waals surface area contributed by atoms with Gasteiger partial charge in [-0.2, -0.15) is 0 Å². The lowest BCUT2D eigenvalue weighted by Crippen LogP contribution is -2.43. The highest BCUT2D eigenvalue weighted by Crippen LogP contribution is 2.33. The Morgan fingerprint density at radius 3 is 2.02 bits per heavy atom. The Bertz CT molecular complexity index is 1600. The van der Waals surface area contributed by atoms with Crippen LogP contribution in [0.25, 0.3) is 0 Å². The van der Waals surface area contributed by atoms with Gasteiger partial charge in [-0.05, 0) is 82.3 Å². The van der Waals surface area contributed by atoms with Crippen molar-refractivity contribution in [1.29, 1.82) is 0 Å². The van der Waals surface area contributed by atoms with Crippen LogP contribution in [-0.2, 0) is 24.3 Å². The van der Waals surface area contributed by atoms with Crippen molar-refractivity contribution in [1.82, 2.24) is 0 Å². The maximum atomic E-state index is 13.6. The fourth-order valence-electron chi connectivity index (χ4n) is 6.11. The first-order valence-corrected chi connectivity index (χ1v) is 16.3. The maximum Gasteiger partial charge on any atom is 0.311 e. The predicted octanol–water partition coefficient (Wildman–Crippen LogP) is 5.66. The Morgan fingerprint density at radius 2 is 1.47 bits per heavy atom. The second-order valence-corrected chi connectivity index (χ2v) is 13.7. The quantitative estimate of drug-likeness (QED) is 0.277. The third-order valence-corrected chi connectivity index (χ3v) is 8.95. The summed E-state index contributed by atoms with van der Waals surface area (Å²) in [6.45, 7) is 13.5. The molecule has 0 aliphatic carbocycles. The number of amides is 1. The monoisotopic (exact) mass is 606 g/mol. The fourth-order valence-corrected chi connectivity index (χ4v) is 7.17. The van der Waals surface area contributed by atoms with Gasteiger partial charge in [-0.3, -0.25) is 13.9 Å². The van der Waals surface area contributed by atoms with E-state index in [0.29, 0.717) is 11.4 Å². The molecule has 1 aliphatic rings. The highest BCUT2D eigenvalue weighted by Gasteiger charge is 2.39. The zero-order valence-electron chi connectivity index (χ0n) is 26.4. The van der Waals surface area contributed by atoms with Gasteiger partial charge in [0.05, 0.1) is 24.4 Å². The van der Waals surface area contributed by atoms with Crippen LogP contribution in [0.4, 0.5) is 11.4 Å². The summed E-state index contributed by atoms with van der Waals surface area (Å²) in [6, 6.07) is 15.4. The molecule has 1 fully saturated rings. The van der Waals surface area contributed by atoms with Gasteiger partial charge in [0.1, 0.15) is 12.4 Å². The molecule has 1 saturated heterocycles. The van der Waals surface area contributed by atoms with Crippen molar-refractivity contribution in [2.75, 3.05) is 35.2 Å². The second kappa shape index (κ2) is 12.8. The van der Waals surface area contributed by atoms with Crippen LogP contribution >= 0.6 is 0 Å². The molecule has 230 valence electrons. The van der Waals surface area contributed by atoms with Crippen LogP contribution in [0.3, 0.4) is 0 Å². The van der Waals surface area contributed by atoms with Crippen LogP contribution in [0.15, 0.2) is 48.5 Å². The maximum absolute atomic E-state index is 13.6. The van der Waals surface area contributed by atoms with Crippen LogP contribution in [0.2, 0.25) is 0 Å². The van der Waals surface area contributed by atoms with E-state index in [-0.39, 0.29) is 32.0 Å². The molecule has 1 aliphatic heterocycles. The number of sulfonamides is 1. The Morgan fingerprint density at radius 1 is 0.907 bits per heavy atom. The zero-order chi connectivity index (χ0) is 31.6. The number of hydrogen-bond donors (Lipinski definition) is 0. The fraction of sp³-hybridized carbons (Fsp3) is 0.412. The third-order valence-electron chi connectivity index (χ3n) is 7.82. The summed E-state index contributed by atoms with van der Waals surface area (Å²) in [6.07, 6.45) is 0.226. The van der Waals surface area contributed by atoms with Crippen molar-refractivity contribution in [3.8, 4) is 5.75 Å². The molecule has 9 heteroatoms. The van der Waals surface area contributed by atoms with Crippen molar-refractivity contribution in [3.05, 3.63) is 87.5 Å². The van der Waals surface area contributed by atoms with Gasteiger partial charge in [-0.25, -0.2) is 8.42 Å². The predicted molar refractivity (Wildman–Crippen MR) is 171 cm³/mol. The van der Waals surface area contributed by atoms with Gasteiger partial charge in [0.15, 0.2) is 6.10 Å². The van der Waals surface area contributed by atoms with Crippen molar-refractivity contribution in [3.63, 3.8) is 0 Å². The first-order chi connectivity index (χ1) is 20.1. The molecule has 43 heavy (non-hydrogen) atoms. The van der Waals surface area contributed by atoms with Crippen molar-refractivity contribution < 1.29 is 27.5 Å². The standard InChI is InChI=1S/C34H42N2O6S/c1-21-13-24(4)32(25(5)14-21)35-18-28(17-31(35)37)34(38)42-29(20-41-30-12-10-9-11-23(30)3)19-36(43(8,39)40)33-26(6)15-22(2)16-27(33)7/h9-16,28-29H,17-20H2,1-8H3. The molecule has 1 heterocycles. The lowest BCUT2D eigenvalue weighted by molar-refractivity contribution is -0.154. The summed E-state index contributed by atoms with van der Waals surface area (Å²) in [4.78, 5) is 28.4. The molecule has 2 atom stereocenters. The number of para-hydroxylation sites is 1. The number of ether oxygens (including phenoxy) is 2. The molecule has 8 nitrogen and oxygen atoms in total. The molecule has 3 aromatic carbocycles. The Labute approximate surface area is 255 Å². The number of benzene rings is 3. The third kappa shape index (κ3) is 7.39. The minimum absolute atomic E-state index is 0.0168. The number of aryl methyl sites for hydroxylation is 7. The van der Waals surface area contributed by atoms with Crippen LogP contribution in [-0.4, -0.2) is 52.4 Å². The molecule has 4 rings (SSSR count). The van der Waals surface area contributed by atoms with Gasteiger partial charge in [0.2, 0.25) is 15.9 Å². The van der Waals surface area contributed by atoms with Gasteiger partial charge in [0, 0.05) is 18.7 Å². The summed E-state index contributed by atoms with van der Waals surface area (Å²) in [5, 5.41) is 0. The van der Waals surface area contributed by atoms with E-state index in [9.17, 15) is 18.0 Å². The van der Waals surface area contributed by atoms with Gasteiger partial charge in [0.25, 0.3) is 0 Å². The van der Waals surface area contributed by atoms with E-state index in [0.717, 1.165) is 50.9 Å². The van der Waals surface area contributed by atoms with Crippen molar-refractivity contribution in [2.24, 2.45) is 5.92 Å². The van der Waals surface area contributed by atoms with E-state index in [1.807, 2.05) is 97.0 Å². The van der Waals surface area contributed by atoms with Crippen LogP contribution in [0.1, 0.15) is 45.4 Å². The van der Waals surface area contributed by atoms with E-state index in [1.165, 1.54) is 4.31 Å². The van der Waals surface area contributed by atoms with E-state index in [1.54, 1.807) is 4.90 Å². The van der Waals surface area contributed by atoms with E-state index in [4.69, 9.17) is 9.47 Å².